The van der Waals surface area contributed by atoms with Gasteiger partial charge < -0.3 is 19.4 Å². The summed E-state index contributed by atoms with van der Waals surface area (Å²) in [6, 6.07) is 12.3. The molecule has 38 heavy (non-hydrogen) atoms. The monoisotopic (exact) mass is 520 g/mol. The number of aromatic amines is 1. The van der Waals surface area contributed by atoms with E-state index in [-0.39, 0.29) is 31.5 Å². The van der Waals surface area contributed by atoms with Crippen LogP contribution in [0.1, 0.15) is 48.3 Å². The first-order valence-electron chi connectivity index (χ1n) is 12.4. The van der Waals surface area contributed by atoms with Crippen LogP contribution in [0.15, 0.2) is 72.8 Å². The molecule has 2 aromatic carbocycles. The van der Waals surface area contributed by atoms with E-state index in [0.717, 1.165) is 16.5 Å². The highest BCUT2D eigenvalue weighted by Crippen LogP contribution is 2.30. The molecule has 1 aromatic heterocycles. The summed E-state index contributed by atoms with van der Waals surface area (Å²) in [7, 11) is 1.61. The van der Waals surface area contributed by atoms with Gasteiger partial charge in [-0.1, -0.05) is 36.9 Å². The first-order valence-corrected chi connectivity index (χ1v) is 12.4. The number of fused-ring (bicyclic) bond motifs is 1. The van der Waals surface area contributed by atoms with E-state index in [1.807, 2.05) is 24.3 Å². The number of allylic oxidation sites excluding steroid dienone is 2. The van der Waals surface area contributed by atoms with Crippen LogP contribution in [0.2, 0.25) is 0 Å². The van der Waals surface area contributed by atoms with Gasteiger partial charge in [-0.25, -0.2) is 9.18 Å². The van der Waals surface area contributed by atoms with Gasteiger partial charge in [0.25, 0.3) is 5.91 Å². The van der Waals surface area contributed by atoms with Gasteiger partial charge in [0.15, 0.2) is 0 Å². The van der Waals surface area contributed by atoms with Crippen molar-refractivity contribution in [1.29, 1.82) is 0 Å². The van der Waals surface area contributed by atoms with Crippen LogP contribution in [0.5, 0.6) is 0 Å². The Kier molecular flexibility index (Phi) is 9.60. The number of rotatable bonds is 11. The van der Waals surface area contributed by atoms with Crippen molar-refractivity contribution in [1.82, 2.24) is 9.88 Å². The van der Waals surface area contributed by atoms with Crippen LogP contribution >= 0.6 is 0 Å². The summed E-state index contributed by atoms with van der Waals surface area (Å²) >= 11 is 0. The maximum Gasteiger partial charge on any atom is 0.333 e. The number of nitrogens with one attached hydrogen (secondary N) is 1. The van der Waals surface area contributed by atoms with Gasteiger partial charge in [0.1, 0.15) is 12.4 Å². The number of nitrogens with zero attached hydrogens (tertiary/aromatic N) is 1. The lowest BCUT2D eigenvalue weighted by molar-refractivity contribution is -0.144. The molecule has 7 nitrogen and oxygen atoms in total. The topological polar surface area (TPSA) is 88.7 Å². The van der Waals surface area contributed by atoms with Crippen molar-refractivity contribution in [2.45, 2.75) is 39.2 Å². The Balaban J connectivity index is 2.01. The molecular weight excluding hydrogens is 487 g/mol. The standard InChI is InChI=1S/C30H33FN2O5/c1-6-10-19(3)29(35)38-18-23(33(5)28(34)21-13-15-22(31)16-14-21)17-25-24-11-8-9-12-26(24)32-27(25)20(4)30(36)37-7-2/h6,8-16,20,23,32H,1,7,17-18H2,2-5H3/b19-10+. The second-order valence-electron chi connectivity index (χ2n) is 9.00. The summed E-state index contributed by atoms with van der Waals surface area (Å²) in [6.07, 6.45) is 3.32. The SMILES string of the molecule is C=C/C=C(\C)C(=O)OCC(Cc1c(C(C)C(=O)OCC)[nH]c2ccccc12)N(C)C(=O)c1ccc(F)cc1. The van der Waals surface area contributed by atoms with Crippen molar-refractivity contribution in [3.8, 4) is 0 Å². The number of para-hydroxylation sites is 1. The average Bonchev–Trinajstić information content (AvgIpc) is 3.28. The Morgan fingerprint density at radius 2 is 1.79 bits per heavy atom. The van der Waals surface area contributed by atoms with Crippen LogP contribution < -0.4 is 0 Å². The van der Waals surface area contributed by atoms with E-state index in [0.29, 0.717) is 16.8 Å². The normalized spacial score (nSPS) is 13.0. The molecule has 3 rings (SSSR count). The number of halogens is 1. The molecule has 0 aliphatic rings. The molecule has 8 heteroatoms. The zero-order valence-corrected chi connectivity index (χ0v) is 22.1. The molecule has 2 atom stereocenters. The number of carbonyl (C=O) groups is 3. The Bertz CT molecular complexity index is 1340. The molecular formula is C30H33FN2O5. The average molecular weight is 521 g/mol. The molecule has 3 aromatic rings. The second kappa shape index (κ2) is 12.9. The first-order chi connectivity index (χ1) is 18.2. The minimum atomic E-state index is -0.597. The smallest absolute Gasteiger partial charge is 0.333 e. The number of likely N-dealkylation sites (N-methyl/N-ethyl adjacent to an activating group) is 1. The van der Waals surface area contributed by atoms with Crippen LogP contribution in [0.25, 0.3) is 10.9 Å². The predicted octanol–water partition coefficient (Wildman–Crippen LogP) is 5.33. The van der Waals surface area contributed by atoms with Crippen LogP contribution in [0.4, 0.5) is 4.39 Å². The van der Waals surface area contributed by atoms with Crippen LogP contribution in [-0.2, 0) is 25.5 Å². The number of esters is 2. The zero-order valence-electron chi connectivity index (χ0n) is 22.1. The van der Waals surface area contributed by atoms with Crippen molar-refractivity contribution in [3.05, 3.63) is 95.5 Å². The summed E-state index contributed by atoms with van der Waals surface area (Å²) in [4.78, 5) is 43.3. The fraction of sp³-hybridized carbons (Fsp3) is 0.300. The molecule has 0 aliphatic carbocycles. The fourth-order valence-electron chi connectivity index (χ4n) is 4.23. The summed E-state index contributed by atoms with van der Waals surface area (Å²) in [5, 5.41) is 0.889. The molecule has 0 aliphatic heterocycles. The van der Waals surface area contributed by atoms with Gasteiger partial charge in [0.05, 0.1) is 18.6 Å². The van der Waals surface area contributed by atoms with Gasteiger partial charge in [0, 0.05) is 34.8 Å². The molecule has 200 valence electrons. The summed E-state index contributed by atoms with van der Waals surface area (Å²) < 4.78 is 24.3. The number of amides is 1. The quantitative estimate of drug-likeness (QED) is 0.210. The number of ether oxygens (including phenoxy) is 2. The van der Waals surface area contributed by atoms with Crippen molar-refractivity contribution < 1.29 is 28.2 Å². The van der Waals surface area contributed by atoms with Gasteiger partial charge in [0.2, 0.25) is 0 Å². The fourth-order valence-corrected chi connectivity index (χ4v) is 4.23. The van der Waals surface area contributed by atoms with Crippen molar-refractivity contribution in [3.63, 3.8) is 0 Å². The predicted molar refractivity (Wildman–Crippen MR) is 144 cm³/mol. The van der Waals surface area contributed by atoms with E-state index in [4.69, 9.17) is 9.47 Å². The Morgan fingerprint density at radius 1 is 1.11 bits per heavy atom. The van der Waals surface area contributed by atoms with E-state index >= 15 is 0 Å². The molecule has 1 heterocycles. The minimum Gasteiger partial charge on any atom is -0.465 e. The molecule has 0 fully saturated rings. The van der Waals surface area contributed by atoms with E-state index in [1.54, 1.807) is 33.9 Å². The van der Waals surface area contributed by atoms with E-state index in [9.17, 15) is 18.8 Å². The van der Waals surface area contributed by atoms with Gasteiger partial charge >= 0.3 is 11.9 Å². The summed E-state index contributed by atoms with van der Waals surface area (Å²) in [5.74, 6) is -2.29. The maximum atomic E-state index is 13.5. The lowest BCUT2D eigenvalue weighted by Crippen LogP contribution is -2.42. The van der Waals surface area contributed by atoms with Gasteiger partial charge in [-0.05, 0) is 63.1 Å². The number of aromatic nitrogens is 1. The number of benzene rings is 2. The van der Waals surface area contributed by atoms with E-state index < -0.39 is 23.7 Å². The minimum absolute atomic E-state index is 0.0999. The van der Waals surface area contributed by atoms with Gasteiger partial charge in [-0.15, -0.1) is 0 Å². The Hall–Kier alpha value is -4.20. The molecule has 1 amide bonds. The zero-order chi connectivity index (χ0) is 27.8. The lowest BCUT2D eigenvalue weighted by Gasteiger charge is -2.29. The highest BCUT2D eigenvalue weighted by Gasteiger charge is 2.29. The van der Waals surface area contributed by atoms with Crippen molar-refractivity contribution in [2.24, 2.45) is 0 Å². The van der Waals surface area contributed by atoms with E-state index in [1.165, 1.54) is 35.2 Å². The number of H-pyrrole nitrogens is 1. The molecule has 0 radical (unpaired) electrons. The molecule has 1 N–H and O–H groups in total. The van der Waals surface area contributed by atoms with Crippen LogP contribution in [-0.4, -0.2) is 54.0 Å². The summed E-state index contributed by atoms with van der Waals surface area (Å²) in [5.41, 5.74) is 2.99. The number of hydrogen-bond donors (Lipinski definition) is 1. The van der Waals surface area contributed by atoms with Crippen LogP contribution in [0, 0.1) is 5.82 Å². The summed E-state index contributed by atoms with van der Waals surface area (Å²) in [6.45, 7) is 8.88. The van der Waals surface area contributed by atoms with Crippen molar-refractivity contribution >= 4 is 28.7 Å². The molecule has 0 saturated carbocycles. The molecule has 0 spiro atoms. The maximum absolute atomic E-state index is 13.5. The van der Waals surface area contributed by atoms with Crippen LogP contribution in [0.3, 0.4) is 0 Å². The number of hydrogen-bond acceptors (Lipinski definition) is 5. The first kappa shape index (κ1) is 28.4. The highest BCUT2D eigenvalue weighted by atomic mass is 19.1. The number of carbonyl (C=O) groups excluding carboxylic acids is 3. The molecule has 0 saturated heterocycles. The highest BCUT2D eigenvalue weighted by molar-refractivity contribution is 5.94. The van der Waals surface area contributed by atoms with Gasteiger partial charge in [-0.2, -0.15) is 0 Å². The lowest BCUT2D eigenvalue weighted by atomic mass is 9.96. The second-order valence-corrected chi connectivity index (χ2v) is 9.00. The molecule has 2 unspecified atom stereocenters. The Morgan fingerprint density at radius 3 is 2.45 bits per heavy atom. The van der Waals surface area contributed by atoms with E-state index in [2.05, 4.69) is 11.6 Å². The van der Waals surface area contributed by atoms with Crippen molar-refractivity contribution in [2.75, 3.05) is 20.3 Å². The van der Waals surface area contributed by atoms with Gasteiger partial charge in [-0.3, -0.25) is 9.59 Å². The largest absolute Gasteiger partial charge is 0.465 e. The Labute approximate surface area is 221 Å². The third-order valence-corrected chi connectivity index (χ3v) is 6.42. The third kappa shape index (κ3) is 6.56. The molecule has 0 bridgehead atoms. The third-order valence-electron chi connectivity index (χ3n) is 6.42.